The van der Waals surface area contributed by atoms with Gasteiger partial charge in [0, 0.05) is 12.2 Å². The van der Waals surface area contributed by atoms with E-state index >= 15 is 0 Å². The maximum Gasteiger partial charge on any atom is 1.00 e. The Morgan fingerprint density at radius 1 is 1.38 bits per heavy atom. The molecule has 0 fully saturated rings. The molecule has 0 saturated heterocycles. The summed E-state index contributed by atoms with van der Waals surface area (Å²) in [7, 11) is -2.87. The van der Waals surface area contributed by atoms with Gasteiger partial charge in [0.05, 0.1) is 17.2 Å². The van der Waals surface area contributed by atoms with Crippen LogP contribution in [0.15, 0.2) is 0 Å². The van der Waals surface area contributed by atoms with Crippen LogP contribution in [0, 0.1) is 0 Å². The minimum Gasteiger partial charge on any atom is -0.748 e. The van der Waals surface area contributed by atoms with E-state index in [1.165, 1.54) is 7.11 Å². The fraction of sp³-hybridized carbons (Fsp3) is 0.833. The molecule has 72 valence electrons. The fourth-order valence-electron chi connectivity index (χ4n) is 0.650. The van der Waals surface area contributed by atoms with Crippen LogP contribution in [0.3, 0.4) is 0 Å². The molecule has 5 nitrogen and oxygen atoms in total. The number of ether oxygens (including phenoxy) is 1. The van der Waals surface area contributed by atoms with E-state index in [1.54, 1.807) is 0 Å². The van der Waals surface area contributed by atoms with Crippen molar-refractivity contribution in [1.82, 2.24) is 0 Å². The molecule has 0 heterocycles. The van der Waals surface area contributed by atoms with Gasteiger partial charge in [-0.05, 0) is 12.8 Å². The van der Waals surface area contributed by atoms with E-state index in [4.69, 9.17) is 0 Å². The summed E-state index contributed by atoms with van der Waals surface area (Å²) in [6.07, 6.45) is 0.737. The Morgan fingerprint density at radius 3 is 2.31 bits per heavy atom. The molecule has 0 amide bonds. The summed E-state index contributed by atoms with van der Waals surface area (Å²) < 4.78 is 34.5. The molecule has 0 aromatic carbocycles. The first-order valence-electron chi connectivity index (χ1n) is 3.46. The second-order valence-corrected chi connectivity index (χ2v) is 3.82. The average Bonchev–Trinajstić information content (AvgIpc) is 1.96. The average molecular weight is 218 g/mol. The second-order valence-electron chi connectivity index (χ2n) is 2.30. The van der Waals surface area contributed by atoms with Crippen molar-refractivity contribution >= 4 is 16.1 Å². The molecule has 0 aliphatic heterocycles. The zero-order valence-electron chi connectivity index (χ0n) is 7.78. The van der Waals surface area contributed by atoms with E-state index in [0.29, 0.717) is 6.42 Å². The number of hydrogen-bond acceptors (Lipinski definition) is 5. The number of unbranched alkanes of at least 4 members (excludes halogenated alkanes) is 1. The number of hydrogen-bond donors (Lipinski definition) is 0. The van der Waals surface area contributed by atoms with Gasteiger partial charge in [-0.15, -0.1) is 0 Å². The molecule has 0 unspecified atom stereocenters. The Bertz CT molecular complexity index is 235. The molecule has 7 heteroatoms. The molecule has 0 N–H and O–H groups in total. The van der Waals surface area contributed by atoms with Crippen LogP contribution in [0.2, 0.25) is 0 Å². The van der Waals surface area contributed by atoms with Crippen LogP contribution in [0.4, 0.5) is 0 Å². The standard InChI is InChI=1S/C6H12O5S.Na/c1-11-6(7)4-2-3-5-12(8,9)10;/h2-5H2,1H3,(H,8,9,10);/q;+1/p-1. The summed E-state index contributed by atoms with van der Waals surface area (Å²) in [5, 5.41) is 0. The molecule has 0 spiro atoms. The van der Waals surface area contributed by atoms with Crippen molar-refractivity contribution in [3.63, 3.8) is 0 Å². The molecule has 0 aromatic rings. The first kappa shape index (κ1) is 15.8. The zero-order valence-corrected chi connectivity index (χ0v) is 10.6. The van der Waals surface area contributed by atoms with E-state index in [1.807, 2.05) is 0 Å². The van der Waals surface area contributed by atoms with Crippen molar-refractivity contribution in [2.75, 3.05) is 12.9 Å². The summed E-state index contributed by atoms with van der Waals surface area (Å²) in [4.78, 5) is 10.5. The molecule has 0 aliphatic carbocycles. The van der Waals surface area contributed by atoms with Crippen molar-refractivity contribution < 1.29 is 52.1 Å². The summed E-state index contributed by atoms with van der Waals surface area (Å²) in [6, 6.07) is 0. The number of methoxy groups -OCH3 is 1. The van der Waals surface area contributed by atoms with Gasteiger partial charge in [0.25, 0.3) is 0 Å². The Hall–Kier alpha value is 0.380. The van der Waals surface area contributed by atoms with E-state index in [-0.39, 0.29) is 42.4 Å². The number of carbonyl (C=O) groups excluding carboxylic acids is 1. The Balaban J connectivity index is 0. The quantitative estimate of drug-likeness (QED) is 0.211. The smallest absolute Gasteiger partial charge is 0.748 e. The molecule has 0 bridgehead atoms. The minimum atomic E-state index is -4.13. The van der Waals surface area contributed by atoms with E-state index in [2.05, 4.69) is 4.74 Å². The molecule has 0 radical (unpaired) electrons. The van der Waals surface area contributed by atoms with Gasteiger partial charge in [0.2, 0.25) is 0 Å². The Morgan fingerprint density at radius 2 is 1.92 bits per heavy atom. The summed E-state index contributed by atoms with van der Waals surface area (Å²) in [5.41, 5.74) is 0. The third kappa shape index (κ3) is 12.4. The van der Waals surface area contributed by atoms with Crippen molar-refractivity contribution in [3.8, 4) is 0 Å². The molecule has 0 aliphatic rings. The second kappa shape index (κ2) is 7.75. The van der Waals surface area contributed by atoms with Gasteiger partial charge in [-0.25, -0.2) is 8.42 Å². The van der Waals surface area contributed by atoms with Gasteiger partial charge in [0.1, 0.15) is 0 Å². The van der Waals surface area contributed by atoms with Crippen molar-refractivity contribution in [1.29, 1.82) is 0 Å². The SMILES string of the molecule is COC(=O)CCCCS(=O)(=O)[O-].[Na+]. The van der Waals surface area contributed by atoms with Gasteiger partial charge in [-0.3, -0.25) is 4.79 Å². The fourth-order valence-corrected chi connectivity index (χ4v) is 1.21. The maximum absolute atomic E-state index is 10.5. The van der Waals surface area contributed by atoms with Gasteiger partial charge < -0.3 is 9.29 Å². The summed E-state index contributed by atoms with van der Waals surface area (Å²) in [5.74, 6) is -0.803. The van der Waals surface area contributed by atoms with Crippen LogP contribution in [0.5, 0.6) is 0 Å². The molecular formula is C6H11NaO5S. The van der Waals surface area contributed by atoms with Crippen LogP contribution in [-0.2, 0) is 19.6 Å². The predicted molar refractivity (Wildman–Crippen MR) is 40.4 cm³/mol. The Labute approximate surface area is 99.9 Å². The molecule has 0 saturated carbocycles. The first-order valence-corrected chi connectivity index (χ1v) is 5.04. The van der Waals surface area contributed by atoms with E-state index in [9.17, 15) is 17.8 Å². The molecule has 13 heavy (non-hydrogen) atoms. The van der Waals surface area contributed by atoms with Gasteiger partial charge in [-0.2, -0.15) is 0 Å². The molecule has 0 rings (SSSR count). The molecule has 0 atom stereocenters. The third-order valence-electron chi connectivity index (χ3n) is 1.25. The predicted octanol–water partition coefficient (Wildman–Crippen LogP) is -3.12. The van der Waals surface area contributed by atoms with Crippen LogP contribution >= 0.6 is 0 Å². The largest absolute Gasteiger partial charge is 1.00 e. The van der Waals surface area contributed by atoms with Crippen LogP contribution in [0.25, 0.3) is 0 Å². The third-order valence-corrected chi connectivity index (χ3v) is 2.04. The molecule has 0 aromatic heterocycles. The number of esters is 1. The van der Waals surface area contributed by atoms with E-state index in [0.717, 1.165) is 0 Å². The van der Waals surface area contributed by atoms with Crippen LogP contribution in [-0.4, -0.2) is 31.8 Å². The van der Waals surface area contributed by atoms with Crippen LogP contribution < -0.4 is 29.6 Å². The summed E-state index contributed by atoms with van der Waals surface area (Å²) in [6.45, 7) is 0. The topological polar surface area (TPSA) is 83.5 Å². The Kier molecular flexibility index (Phi) is 9.44. The first-order chi connectivity index (χ1) is 5.45. The van der Waals surface area contributed by atoms with Gasteiger partial charge in [-0.1, -0.05) is 0 Å². The van der Waals surface area contributed by atoms with Crippen molar-refractivity contribution in [2.45, 2.75) is 19.3 Å². The maximum atomic E-state index is 10.5. The zero-order chi connectivity index (χ0) is 9.61. The van der Waals surface area contributed by atoms with E-state index < -0.39 is 21.8 Å². The minimum absolute atomic E-state index is 0. The van der Waals surface area contributed by atoms with Gasteiger partial charge >= 0.3 is 35.5 Å². The van der Waals surface area contributed by atoms with Crippen LogP contribution in [0.1, 0.15) is 19.3 Å². The van der Waals surface area contributed by atoms with Crippen molar-refractivity contribution in [2.24, 2.45) is 0 Å². The number of carbonyl (C=O) groups is 1. The van der Waals surface area contributed by atoms with Gasteiger partial charge in [0.15, 0.2) is 0 Å². The monoisotopic (exact) mass is 218 g/mol. The van der Waals surface area contributed by atoms with Crippen molar-refractivity contribution in [3.05, 3.63) is 0 Å². The normalized spacial score (nSPS) is 10.3. The number of rotatable bonds is 5. The summed E-state index contributed by atoms with van der Waals surface area (Å²) >= 11 is 0. The molecular weight excluding hydrogens is 207 g/mol.